The van der Waals surface area contributed by atoms with Crippen molar-refractivity contribution >= 4 is 11.8 Å². The Morgan fingerprint density at radius 2 is 2.35 bits per heavy atom. The summed E-state index contributed by atoms with van der Waals surface area (Å²) >= 11 is 1.98. The molecule has 1 aromatic carbocycles. The molecule has 1 heterocycles. The van der Waals surface area contributed by atoms with Gasteiger partial charge in [0.1, 0.15) is 0 Å². The van der Waals surface area contributed by atoms with Crippen molar-refractivity contribution in [3.8, 4) is 0 Å². The number of aryl methyl sites for hydroxylation is 1. The Kier molecular flexibility index (Phi) is 6.36. The third kappa shape index (κ3) is 5.44. The minimum atomic E-state index is -0.519. The van der Waals surface area contributed by atoms with Gasteiger partial charge in [0.05, 0.1) is 5.60 Å². The average molecular weight is 294 g/mol. The molecule has 0 saturated carbocycles. The van der Waals surface area contributed by atoms with E-state index in [-0.39, 0.29) is 0 Å². The number of hydrogen-bond acceptors (Lipinski definition) is 4. The SMILES string of the molecule is Cc1cccc(CSCCCNC[C@@]2(O)CCNC2)c1. The van der Waals surface area contributed by atoms with E-state index in [4.69, 9.17) is 0 Å². The Morgan fingerprint density at radius 1 is 1.45 bits per heavy atom. The van der Waals surface area contributed by atoms with Gasteiger partial charge in [0.2, 0.25) is 0 Å². The largest absolute Gasteiger partial charge is 0.387 e. The van der Waals surface area contributed by atoms with Crippen LogP contribution in [0.1, 0.15) is 24.0 Å². The Labute approximate surface area is 126 Å². The smallest absolute Gasteiger partial charge is 0.0907 e. The number of aliphatic hydroxyl groups is 1. The summed E-state index contributed by atoms with van der Waals surface area (Å²) < 4.78 is 0. The van der Waals surface area contributed by atoms with Crippen LogP contribution in [-0.2, 0) is 5.75 Å². The lowest BCUT2D eigenvalue weighted by atomic mass is 10.0. The summed E-state index contributed by atoms with van der Waals surface area (Å²) in [6, 6.07) is 8.72. The van der Waals surface area contributed by atoms with Crippen molar-refractivity contribution in [2.75, 3.05) is 31.9 Å². The van der Waals surface area contributed by atoms with Crippen LogP contribution >= 0.6 is 11.8 Å². The normalized spacial score (nSPS) is 22.3. The molecule has 0 amide bonds. The first kappa shape index (κ1) is 15.8. The van der Waals surface area contributed by atoms with Gasteiger partial charge in [-0.05, 0) is 44.2 Å². The van der Waals surface area contributed by atoms with E-state index < -0.39 is 5.60 Å². The molecular weight excluding hydrogens is 268 g/mol. The molecular formula is C16H26N2OS. The Bertz CT molecular complexity index is 405. The zero-order valence-corrected chi connectivity index (χ0v) is 13.1. The van der Waals surface area contributed by atoms with Gasteiger partial charge in [-0.15, -0.1) is 0 Å². The van der Waals surface area contributed by atoms with Crippen molar-refractivity contribution in [3.05, 3.63) is 35.4 Å². The molecule has 3 N–H and O–H groups in total. The lowest BCUT2D eigenvalue weighted by molar-refractivity contribution is 0.0614. The summed E-state index contributed by atoms with van der Waals surface area (Å²) in [5.74, 6) is 2.26. The van der Waals surface area contributed by atoms with Crippen LogP contribution in [0.25, 0.3) is 0 Å². The predicted octanol–water partition coefficient (Wildman–Crippen LogP) is 1.93. The molecule has 0 spiro atoms. The van der Waals surface area contributed by atoms with Gasteiger partial charge in [0, 0.05) is 18.8 Å². The van der Waals surface area contributed by atoms with Crippen molar-refractivity contribution in [3.63, 3.8) is 0 Å². The van der Waals surface area contributed by atoms with Crippen molar-refractivity contribution in [1.29, 1.82) is 0 Å². The summed E-state index contributed by atoms with van der Waals surface area (Å²) in [6.45, 7) is 5.50. The van der Waals surface area contributed by atoms with Crippen LogP contribution in [0.5, 0.6) is 0 Å². The highest BCUT2D eigenvalue weighted by Crippen LogP contribution is 2.15. The van der Waals surface area contributed by atoms with Crippen LogP contribution in [0.2, 0.25) is 0 Å². The number of rotatable bonds is 8. The number of thioether (sulfide) groups is 1. The molecule has 1 aliphatic rings. The topological polar surface area (TPSA) is 44.3 Å². The molecule has 1 saturated heterocycles. The number of β-amino-alcohol motifs (C(OH)–C–C–N with tert-alkyl or cyclic N) is 1. The Hall–Kier alpha value is -0.550. The number of hydrogen-bond donors (Lipinski definition) is 3. The second kappa shape index (κ2) is 8.03. The molecule has 1 aliphatic heterocycles. The molecule has 20 heavy (non-hydrogen) atoms. The van der Waals surface area contributed by atoms with E-state index in [1.54, 1.807) is 0 Å². The maximum atomic E-state index is 10.1. The van der Waals surface area contributed by atoms with Gasteiger partial charge in [-0.2, -0.15) is 11.8 Å². The Balaban J connectivity index is 1.49. The van der Waals surface area contributed by atoms with Gasteiger partial charge in [0.25, 0.3) is 0 Å². The van der Waals surface area contributed by atoms with E-state index in [2.05, 4.69) is 41.8 Å². The molecule has 0 aliphatic carbocycles. The highest BCUT2D eigenvalue weighted by Gasteiger charge is 2.29. The van der Waals surface area contributed by atoms with E-state index in [0.717, 1.165) is 44.0 Å². The first-order valence-corrected chi connectivity index (χ1v) is 8.61. The third-order valence-corrected chi connectivity index (χ3v) is 4.78. The molecule has 1 aromatic rings. The van der Waals surface area contributed by atoms with E-state index in [0.29, 0.717) is 6.54 Å². The summed E-state index contributed by atoms with van der Waals surface area (Å²) in [5.41, 5.74) is 2.23. The monoisotopic (exact) mass is 294 g/mol. The molecule has 0 bridgehead atoms. The van der Waals surface area contributed by atoms with Crippen molar-refractivity contribution in [2.45, 2.75) is 31.1 Å². The van der Waals surface area contributed by atoms with E-state index in [9.17, 15) is 5.11 Å². The fraction of sp³-hybridized carbons (Fsp3) is 0.625. The third-order valence-electron chi connectivity index (χ3n) is 3.67. The predicted molar refractivity (Wildman–Crippen MR) is 87.3 cm³/mol. The van der Waals surface area contributed by atoms with Crippen LogP contribution in [0.15, 0.2) is 24.3 Å². The van der Waals surface area contributed by atoms with Gasteiger partial charge in [-0.1, -0.05) is 29.8 Å². The van der Waals surface area contributed by atoms with E-state index >= 15 is 0 Å². The molecule has 112 valence electrons. The first-order chi connectivity index (χ1) is 9.68. The van der Waals surface area contributed by atoms with Crippen LogP contribution in [0.3, 0.4) is 0 Å². The van der Waals surface area contributed by atoms with E-state index in [1.165, 1.54) is 11.1 Å². The minimum Gasteiger partial charge on any atom is -0.387 e. The van der Waals surface area contributed by atoms with Crippen molar-refractivity contribution in [2.24, 2.45) is 0 Å². The first-order valence-electron chi connectivity index (χ1n) is 7.45. The summed E-state index contributed by atoms with van der Waals surface area (Å²) in [4.78, 5) is 0. The molecule has 2 rings (SSSR count). The second-order valence-electron chi connectivity index (χ2n) is 5.72. The molecule has 0 unspecified atom stereocenters. The van der Waals surface area contributed by atoms with Gasteiger partial charge >= 0.3 is 0 Å². The second-order valence-corrected chi connectivity index (χ2v) is 6.83. The fourth-order valence-corrected chi connectivity index (χ4v) is 3.40. The molecule has 0 radical (unpaired) electrons. The maximum absolute atomic E-state index is 10.1. The van der Waals surface area contributed by atoms with Crippen LogP contribution in [-0.4, -0.2) is 42.6 Å². The zero-order valence-electron chi connectivity index (χ0n) is 12.3. The fourth-order valence-electron chi connectivity index (χ4n) is 2.49. The quantitative estimate of drug-likeness (QED) is 0.641. The molecule has 3 nitrogen and oxygen atoms in total. The van der Waals surface area contributed by atoms with Crippen LogP contribution < -0.4 is 10.6 Å². The number of benzene rings is 1. The standard InChI is InChI=1S/C16H26N2OS/c1-14-4-2-5-15(10-14)11-20-9-3-7-17-12-16(19)6-8-18-13-16/h2,4-5,10,17-19H,3,6-9,11-13H2,1H3/t16-/m0/s1. The van der Waals surface area contributed by atoms with Crippen molar-refractivity contribution < 1.29 is 5.11 Å². The lowest BCUT2D eigenvalue weighted by Gasteiger charge is -2.21. The minimum absolute atomic E-state index is 0.519. The summed E-state index contributed by atoms with van der Waals surface area (Å²) in [5, 5.41) is 16.7. The van der Waals surface area contributed by atoms with Gasteiger partial charge in [-0.3, -0.25) is 0 Å². The summed E-state index contributed by atoms with van der Waals surface area (Å²) in [6.07, 6.45) is 2.02. The van der Waals surface area contributed by atoms with Gasteiger partial charge in [0.15, 0.2) is 0 Å². The maximum Gasteiger partial charge on any atom is 0.0907 e. The average Bonchev–Trinajstić information content (AvgIpc) is 2.85. The highest BCUT2D eigenvalue weighted by atomic mass is 32.2. The summed E-state index contributed by atoms with van der Waals surface area (Å²) in [7, 11) is 0. The Morgan fingerprint density at radius 3 is 3.10 bits per heavy atom. The van der Waals surface area contributed by atoms with Crippen molar-refractivity contribution in [1.82, 2.24) is 10.6 Å². The zero-order chi connectivity index (χ0) is 14.3. The molecule has 1 atom stereocenters. The van der Waals surface area contributed by atoms with Crippen LogP contribution in [0, 0.1) is 6.92 Å². The highest BCUT2D eigenvalue weighted by molar-refractivity contribution is 7.98. The van der Waals surface area contributed by atoms with Crippen LogP contribution in [0.4, 0.5) is 0 Å². The molecule has 4 heteroatoms. The van der Waals surface area contributed by atoms with E-state index in [1.807, 2.05) is 11.8 Å². The lowest BCUT2D eigenvalue weighted by Crippen LogP contribution is -2.42. The molecule has 1 fully saturated rings. The number of nitrogens with one attached hydrogen (secondary N) is 2. The van der Waals surface area contributed by atoms with Gasteiger partial charge < -0.3 is 15.7 Å². The molecule has 0 aromatic heterocycles. The van der Waals surface area contributed by atoms with Gasteiger partial charge in [-0.25, -0.2) is 0 Å².